The largest absolute Gasteiger partial charge is 0.497 e. The van der Waals surface area contributed by atoms with Crippen LogP contribution in [0.25, 0.3) is 0 Å². The summed E-state index contributed by atoms with van der Waals surface area (Å²) in [6, 6.07) is 12.8. The van der Waals surface area contributed by atoms with Crippen LogP contribution in [0.2, 0.25) is 0 Å². The zero-order chi connectivity index (χ0) is 16.2. The Hall–Kier alpha value is -1.78. The lowest BCUT2D eigenvalue weighted by Gasteiger charge is -2.09. The lowest BCUT2D eigenvalue weighted by Crippen LogP contribution is -2.16. The van der Waals surface area contributed by atoms with Gasteiger partial charge in [0.15, 0.2) is 0 Å². The van der Waals surface area contributed by atoms with Gasteiger partial charge in [-0.05, 0) is 60.7 Å². The van der Waals surface area contributed by atoms with Gasteiger partial charge in [-0.2, -0.15) is 0 Å². The van der Waals surface area contributed by atoms with Crippen molar-refractivity contribution in [3.8, 4) is 11.5 Å². The van der Waals surface area contributed by atoms with E-state index in [0.29, 0.717) is 11.8 Å². The van der Waals surface area contributed by atoms with Crippen molar-refractivity contribution in [3.63, 3.8) is 0 Å². The highest BCUT2D eigenvalue weighted by Crippen LogP contribution is 2.50. The molecule has 3 rings (SSSR count). The Morgan fingerprint density at radius 2 is 1.96 bits per heavy atom. The quantitative estimate of drug-likeness (QED) is 0.812. The van der Waals surface area contributed by atoms with Crippen molar-refractivity contribution < 1.29 is 13.9 Å². The van der Waals surface area contributed by atoms with Gasteiger partial charge in [-0.1, -0.05) is 12.1 Å². The molecule has 0 unspecified atom stereocenters. The first-order valence-electron chi connectivity index (χ1n) is 7.88. The van der Waals surface area contributed by atoms with E-state index in [1.54, 1.807) is 26.4 Å². The maximum atomic E-state index is 13.5. The zero-order valence-corrected chi connectivity index (χ0v) is 14.7. The minimum atomic E-state index is -0.198. The Morgan fingerprint density at radius 1 is 1.12 bits per heavy atom. The van der Waals surface area contributed by atoms with Crippen LogP contribution in [0.3, 0.4) is 0 Å². The fourth-order valence-corrected chi connectivity index (χ4v) is 3.03. The monoisotopic (exact) mass is 351 g/mol. The Balaban J connectivity index is 0.00000208. The van der Waals surface area contributed by atoms with E-state index in [4.69, 9.17) is 9.47 Å². The number of ether oxygens (including phenoxy) is 2. The highest BCUT2D eigenvalue weighted by atomic mass is 35.5. The number of hydrogen-bond donors (Lipinski definition) is 1. The second kappa shape index (κ2) is 8.36. The molecule has 0 heterocycles. The van der Waals surface area contributed by atoms with Crippen molar-refractivity contribution in [2.45, 2.75) is 18.9 Å². The second-order valence-corrected chi connectivity index (χ2v) is 5.97. The van der Waals surface area contributed by atoms with Crippen LogP contribution in [0.4, 0.5) is 4.39 Å². The lowest BCUT2D eigenvalue weighted by molar-refractivity contribution is 0.407. The molecular weight excluding hydrogens is 329 g/mol. The summed E-state index contributed by atoms with van der Waals surface area (Å²) in [5.74, 6) is 2.38. The smallest absolute Gasteiger partial charge is 0.123 e. The van der Waals surface area contributed by atoms with E-state index in [2.05, 4.69) is 11.4 Å². The molecular formula is C19H23ClFNO2. The topological polar surface area (TPSA) is 30.5 Å². The summed E-state index contributed by atoms with van der Waals surface area (Å²) in [5.41, 5.74) is 2.19. The molecule has 1 aliphatic rings. The van der Waals surface area contributed by atoms with Gasteiger partial charge in [-0.3, -0.25) is 0 Å². The van der Waals surface area contributed by atoms with Crippen molar-refractivity contribution in [1.82, 2.24) is 5.32 Å². The van der Waals surface area contributed by atoms with E-state index in [0.717, 1.165) is 36.6 Å². The number of rotatable bonds is 7. The molecule has 0 aliphatic heterocycles. The molecule has 0 saturated heterocycles. The molecule has 0 amide bonds. The summed E-state index contributed by atoms with van der Waals surface area (Å²) in [6.07, 6.45) is 1.07. The molecule has 0 spiro atoms. The van der Waals surface area contributed by atoms with Crippen molar-refractivity contribution in [2.75, 3.05) is 20.8 Å². The third-order valence-electron chi connectivity index (χ3n) is 4.38. The SMILES string of the molecule is COc1cccc(CNC[C@H]2C[C@@H]2c2cc(F)ccc2OC)c1.Cl. The van der Waals surface area contributed by atoms with Crippen molar-refractivity contribution in [2.24, 2.45) is 5.92 Å². The first-order chi connectivity index (χ1) is 11.2. The second-order valence-electron chi connectivity index (χ2n) is 5.97. The van der Waals surface area contributed by atoms with Gasteiger partial charge in [0.25, 0.3) is 0 Å². The molecule has 3 nitrogen and oxygen atoms in total. The number of nitrogens with one attached hydrogen (secondary N) is 1. The Labute approximate surface area is 148 Å². The fourth-order valence-electron chi connectivity index (χ4n) is 3.03. The van der Waals surface area contributed by atoms with Gasteiger partial charge in [-0.25, -0.2) is 4.39 Å². The number of methoxy groups -OCH3 is 2. The minimum Gasteiger partial charge on any atom is -0.497 e. The van der Waals surface area contributed by atoms with Crippen LogP contribution in [-0.4, -0.2) is 20.8 Å². The zero-order valence-electron chi connectivity index (χ0n) is 13.9. The maximum absolute atomic E-state index is 13.5. The van der Waals surface area contributed by atoms with Crippen molar-refractivity contribution >= 4 is 12.4 Å². The van der Waals surface area contributed by atoms with E-state index < -0.39 is 0 Å². The average molecular weight is 352 g/mol. The number of benzene rings is 2. The van der Waals surface area contributed by atoms with Crippen molar-refractivity contribution in [1.29, 1.82) is 0 Å². The van der Waals surface area contributed by atoms with E-state index >= 15 is 0 Å². The Bertz CT molecular complexity index is 680. The van der Waals surface area contributed by atoms with Gasteiger partial charge < -0.3 is 14.8 Å². The molecule has 1 fully saturated rings. The number of halogens is 2. The standard InChI is InChI=1S/C19H22FNO2.ClH/c1-22-16-5-3-4-13(8-16)11-21-12-14-9-17(14)18-10-15(20)6-7-19(18)23-2;/h3-8,10,14,17,21H,9,11-12H2,1-2H3;1H/t14-,17+;/m1./s1. The van der Waals surface area contributed by atoms with E-state index in [9.17, 15) is 4.39 Å². The van der Waals surface area contributed by atoms with Crippen molar-refractivity contribution in [3.05, 3.63) is 59.4 Å². The van der Waals surface area contributed by atoms with Crippen LogP contribution in [0.5, 0.6) is 11.5 Å². The van der Waals surface area contributed by atoms with Gasteiger partial charge in [0.2, 0.25) is 0 Å². The van der Waals surface area contributed by atoms with Gasteiger partial charge in [-0.15, -0.1) is 12.4 Å². The third-order valence-corrected chi connectivity index (χ3v) is 4.38. The van der Waals surface area contributed by atoms with Crippen LogP contribution < -0.4 is 14.8 Å². The van der Waals surface area contributed by atoms with Crippen LogP contribution in [-0.2, 0) is 6.54 Å². The van der Waals surface area contributed by atoms with Gasteiger partial charge in [0, 0.05) is 12.1 Å². The summed E-state index contributed by atoms with van der Waals surface area (Å²) in [7, 11) is 3.31. The fraction of sp³-hybridized carbons (Fsp3) is 0.368. The molecule has 2 atom stereocenters. The maximum Gasteiger partial charge on any atom is 0.123 e. The summed E-state index contributed by atoms with van der Waals surface area (Å²) in [6.45, 7) is 1.72. The minimum absolute atomic E-state index is 0. The lowest BCUT2D eigenvalue weighted by atomic mass is 10.1. The Morgan fingerprint density at radius 3 is 2.71 bits per heavy atom. The molecule has 1 aliphatic carbocycles. The predicted molar refractivity (Wildman–Crippen MR) is 95.7 cm³/mol. The molecule has 0 aromatic heterocycles. The van der Waals surface area contributed by atoms with Gasteiger partial charge in [0.05, 0.1) is 14.2 Å². The first-order valence-corrected chi connectivity index (χ1v) is 7.88. The van der Waals surface area contributed by atoms with Crippen LogP contribution >= 0.6 is 12.4 Å². The summed E-state index contributed by atoms with van der Waals surface area (Å²) < 4.78 is 24.0. The summed E-state index contributed by atoms with van der Waals surface area (Å²) >= 11 is 0. The van der Waals surface area contributed by atoms with E-state index in [1.165, 1.54) is 11.6 Å². The Kier molecular flexibility index (Phi) is 6.46. The van der Waals surface area contributed by atoms with E-state index in [1.807, 2.05) is 18.2 Å². The van der Waals surface area contributed by atoms with Crippen LogP contribution in [0, 0.1) is 11.7 Å². The van der Waals surface area contributed by atoms with Gasteiger partial charge >= 0.3 is 0 Å². The molecule has 1 N–H and O–H groups in total. The number of hydrogen-bond acceptors (Lipinski definition) is 3. The highest BCUT2D eigenvalue weighted by Gasteiger charge is 2.39. The molecule has 0 bridgehead atoms. The molecule has 130 valence electrons. The molecule has 24 heavy (non-hydrogen) atoms. The molecule has 1 saturated carbocycles. The molecule has 0 radical (unpaired) electrons. The molecule has 2 aromatic carbocycles. The molecule has 2 aromatic rings. The third kappa shape index (κ3) is 4.40. The predicted octanol–water partition coefficient (Wildman–Crippen LogP) is 4.16. The highest BCUT2D eigenvalue weighted by molar-refractivity contribution is 5.85. The summed E-state index contributed by atoms with van der Waals surface area (Å²) in [5, 5.41) is 3.48. The van der Waals surface area contributed by atoms with Crippen LogP contribution in [0.15, 0.2) is 42.5 Å². The first kappa shape index (κ1) is 18.6. The van der Waals surface area contributed by atoms with Crippen LogP contribution in [0.1, 0.15) is 23.5 Å². The summed E-state index contributed by atoms with van der Waals surface area (Å²) in [4.78, 5) is 0. The molecule has 5 heteroatoms. The van der Waals surface area contributed by atoms with E-state index in [-0.39, 0.29) is 18.2 Å². The normalized spacial score (nSPS) is 18.6. The average Bonchev–Trinajstić information content (AvgIpc) is 3.34. The van der Waals surface area contributed by atoms with Gasteiger partial charge in [0.1, 0.15) is 17.3 Å².